The van der Waals surface area contributed by atoms with Crippen molar-refractivity contribution in [1.82, 2.24) is 4.98 Å². The third kappa shape index (κ3) is 3.78. The predicted octanol–water partition coefficient (Wildman–Crippen LogP) is 4.23. The molecule has 0 saturated heterocycles. The Morgan fingerprint density at radius 2 is 1.76 bits per heavy atom. The number of hydrogen-bond acceptors (Lipinski definition) is 4. The van der Waals surface area contributed by atoms with Crippen LogP contribution < -0.4 is 0 Å². The lowest BCUT2D eigenvalue weighted by Crippen LogP contribution is -2.38. The lowest BCUT2D eigenvalue weighted by Gasteiger charge is -2.36. The van der Waals surface area contributed by atoms with Gasteiger partial charge in [0.05, 0.1) is 11.1 Å². The summed E-state index contributed by atoms with van der Waals surface area (Å²) in [6.45, 7) is 5.66. The standard InChI is InChI=1S/C25H24N2O2/c1-18-7-4-5-9-24(18)25(20(3)27-29,23-14-15-26-19(2)17-23)22-12-10-21(11-13-22)8-6-16-28/h4-5,7,9-15,17,28-29H,16H2,1-3H3. The Bertz CT molecular complexity index is 1090. The molecule has 1 heterocycles. The fraction of sp³-hybridized carbons (Fsp3) is 0.200. The average molecular weight is 384 g/mol. The van der Waals surface area contributed by atoms with Crippen LogP contribution in [0.1, 0.15) is 40.4 Å². The van der Waals surface area contributed by atoms with E-state index in [2.05, 4.69) is 41.0 Å². The number of aryl methyl sites for hydroxylation is 2. The summed E-state index contributed by atoms with van der Waals surface area (Å²) >= 11 is 0. The fourth-order valence-corrected chi connectivity index (χ4v) is 3.88. The van der Waals surface area contributed by atoms with Crippen molar-refractivity contribution in [3.05, 3.63) is 100 Å². The maximum Gasteiger partial charge on any atom is 0.104 e. The lowest BCUT2D eigenvalue weighted by molar-refractivity contribution is 0.315. The van der Waals surface area contributed by atoms with Gasteiger partial charge < -0.3 is 10.3 Å². The summed E-state index contributed by atoms with van der Waals surface area (Å²) in [5.74, 6) is 5.60. The van der Waals surface area contributed by atoms with Crippen LogP contribution in [0.3, 0.4) is 0 Å². The normalized spacial score (nSPS) is 13.3. The van der Waals surface area contributed by atoms with Gasteiger partial charge in [-0.05, 0) is 67.3 Å². The Morgan fingerprint density at radius 3 is 2.38 bits per heavy atom. The number of aliphatic hydroxyl groups is 1. The Balaban J connectivity index is 2.38. The quantitative estimate of drug-likeness (QED) is 0.306. The van der Waals surface area contributed by atoms with Crippen molar-refractivity contribution in [2.45, 2.75) is 26.2 Å². The minimum atomic E-state index is -0.781. The van der Waals surface area contributed by atoms with Gasteiger partial charge in [-0.3, -0.25) is 4.98 Å². The highest BCUT2D eigenvalue weighted by molar-refractivity contribution is 6.00. The van der Waals surface area contributed by atoms with E-state index in [4.69, 9.17) is 5.11 Å². The van der Waals surface area contributed by atoms with E-state index >= 15 is 0 Å². The summed E-state index contributed by atoms with van der Waals surface area (Å²) in [7, 11) is 0. The Morgan fingerprint density at radius 1 is 1.03 bits per heavy atom. The van der Waals surface area contributed by atoms with Gasteiger partial charge in [-0.25, -0.2) is 0 Å². The van der Waals surface area contributed by atoms with Crippen LogP contribution in [0.15, 0.2) is 72.0 Å². The van der Waals surface area contributed by atoms with Crippen molar-refractivity contribution in [2.24, 2.45) is 5.16 Å². The molecule has 0 fully saturated rings. The first-order valence-corrected chi connectivity index (χ1v) is 9.42. The second kappa shape index (κ2) is 8.72. The van der Waals surface area contributed by atoms with Gasteiger partial charge in [-0.15, -0.1) is 0 Å². The number of aromatic nitrogens is 1. The zero-order valence-electron chi connectivity index (χ0n) is 16.8. The van der Waals surface area contributed by atoms with Gasteiger partial charge >= 0.3 is 0 Å². The van der Waals surface area contributed by atoms with Crippen molar-refractivity contribution >= 4 is 5.71 Å². The molecule has 0 amide bonds. The topological polar surface area (TPSA) is 65.7 Å². The van der Waals surface area contributed by atoms with Gasteiger partial charge in [-0.2, -0.15) is 0 Å². The zero-order valence-corrected chi connectivity index (χ0v) is 16.8. The fourth-order valence-electron chi connectivity index (χ4n) is 3.88. The summed E-state index contributed by atoms with van der Waals surface area (Å²) in [6.07, 6.45) is 1.78. The number of benzene rings is 2. The first-order valence-electron chi connectivity index (χ1n) is 9.42. The Labute approximate surface area is 171 Å². The third-order valence-electron chi connectivity index (χ3n) is 5.20. The van der Waals surface area contributed by atoms with Gasteiger partial charge in [0.15, 0.2) is 0 Å². The second-order valence-electron chi connectivity index (χ2n) is 6.97. The van der Waals surface area contributed by atoms with E-state index in [0.717, 1.165) is 33.5 Å². The summed E-state index contributed by atoms with van der Waals surface area (Å²) in [5, 5.41) is 22.5. The van der Waals surface area contributed by atoms with Crippen molar-refractivity contribution in [1.29, 1.82) is 0 Å². The molecule has 146 valence electrons. The molecule has 0 aliphatic carbocycles. The van der Waals surface area contributed by atoms with Gasteiger partial charge in [-0.1, -0.05) is 53.4 Å². The van der Waals surface area contributed by atoms with Crippen LogP contribution in [0.2, 0.25) is 0 Å². The van der Waals surface area contributed by atoms with Crippen molar-refractivity contribution in [3.63, 3.8) is 0 Å². The summed E-state index contributed by atoms with van der Waals surface area (Å²) in [5.41, 5.74) is 5.54. The maximum absolute atomic E-state index is 9.91. The van der Waals surface area contributed by atoms with Crippen molar-refractivity contribution < 1.29 is 10.3 Å². The molecule has 0 aliphatic rings. The van der Waals surface area contributed by atoms with E-state index in [0.29, 0.717) is 5.71 Å². The van der Waals surface area contributed by atoms with E-state index in [1.807, 2.05) is 62.4 Å². The highest BCUT2D eigenvalue weighted by Gasteiger charge is 2.41. The molecule has 1 aromatic heterocycles. The molecule has 1 atom stereocenters. The largest absolute Gasteiger partial charge is 0.411 e. The van der Waals surface area contributed by atoms with Crippen LogP contribution in [0.5, 0.6) is 0 Å². The van der Waals surface area contributed by atoms with Gasteiger partial charge in [0.2, 0.25) is 0 Å². The van der Waals surface area contributed by atoms with Crippen LogP contribution in [-0.4, -0.2) is 27.6 Å². The molecule has 0 spiro atoms. The number of pyridine rings is 1. The number of rotatable bonds is 4. The molecule has 0 bridgehead atoms. The number of aliphatic hydroxyl groups excluding tert-OH is 1. The molecule has 3 rings (SSSR count). The molecule has 2 aromatic carbocycles. The minimum absolute atomic E-state index is 0.179. The maximum atomic E-state index is 9.91. The van der Waals surface area contributed by atoms with Crippen molar-refractivity contribution in [3.8, 4) is 11.8 Å². The number of hydrogen-bond donors (Lipinski definition) is 2. The molecule has 0 aliphatic heterocycles. The molecule has 29 heavy (non-hydrogen) atoms. The van der Waals surface area contributed by atoms with E-state index in [1.54, 1.807) is 6.20 Å². The highest BCUT2D eigenvalue weighted by atomic mass is 16.4. The molecule has 0 radical (unpaired) electrons. The number of nitrogens with zero attached hydrogens (tertiary/aromatic N) is 2. The van der Waals surface area contributed by atoms with Crippen LogP contribution in [0.25, 0.3) is 0 Å². The van der Waals surface area contributed by atoms with Crippen LogP contribution in [-0.2, 0) is 5.41 Å². The van der Waals surface area contributed by atoms with Crippen molar-refractivity contribution in [2.75, 3.05) is 6.61 Å². The lowest BCUT2D eigenvalue weighted by atomic mass is 9.65. The second-order valence-corrected chi connectivity index (χ2v) is 6.97. The van der Waals surface area contributed by atoms with E-state index < -0.39 is 5.41 Å². The molecule has 0 saturated carbocycles. The smallest absolute Gasteiger partial charge is 0.104 e. The van der Waals surface area contributed by atoms with E-state index in [-0.39, 0.29) is 6.61 Å². The molecular weight excluding hydrogens is 360 g/mol. The number of oxime groups is 1. The molecule has 1 unspecified atom stereocenters. The Kier molecular flexibility index (Phi) is 6.11. The average Bonchev–Trinajstić information content (AvgIpc) is 2.74. The van der Waals surface area contributed by atoms with Gasteiger partial charge in [0.25, 0.3) is 0 Å². The molecule has 2 N–H and O–H groups in total. The minimum Gasteiger partial charge on any atom is -0.411 e. The van der Waals surface area contributed by atoms with Crippen LogP contribution >= 0.6 is 0 Å². The molecule has 3 aromatic rings. The summed E-state index contributed by atoms with van der Waals surface area (Å²) < 4.78 is 0. The van der Waals surface area contributed by atoms with Crippen LogP contribution in [0, 0.1) is 25.7 Å². The van der Waals surface area contributed by atoms with Gasteiger partial charge in [0.1, 0.15) is 6.61 Å². The molecule has 4 nitrogen and oxygen atoms in total. The zero-order chi connectivity index (χ0) is 20.9. The molecular formula is C25H24N2O2. The van der Waals surface area contributed by atoms with Crippen LogP contribution in [0.4, 0.5) is 0 Å². The monoisotopic (exact) mass is 384 g/mol. The summed E-state index contributed by atoms with van der Waals surface area (Å²) in [4.78, 5) is 4.35. The van der Waals surface area contributed by atoms with Gasteiger partial charge in [0, 0.05) is 17.5 Å². The first kappa shape index (κ1) is 20.3. The first-order chi connectivity index (χ1) is 14.0. The predicted molar refractivity (Wildman–Crippen MR) is 115 cm³/mol. The van der Waals surface area contributed by atoms with E-state index in [1.165, 1.54) is 0 Å². The molecule has 4 heteroatoms. The summed E-state index contributed by atoms with van der Waals surface area (Å²) in [6, 6.07) is 20.0. The third-order valence-corrected chi connectivity index (χ3v) is 5.20. The SMILES string of the molecule is CC(=NO)C(c1ccc(C#CCO)cc1)(c1ccnc(C)c1)c1ccccc1C. The highest BCUT2D eigenvalue weighted by Crippen LogP contribution is 2.42. The van der Waals surface area contributed by atoms with E-state index in [9.17, 15) is 5.21 Å². The Hall–Kier alpha value is -3.42.